The molecule has 31 heavy (non-hydrogen) atoms. The van der Waals surface area contributed by atoms with Gasteiger partial charge in [-0.05, 0) is 30.3 Å². The summed E-state index contributed by atoms with van der Waals surface area (Å²) in [5.41, 5.74) is 3.65. The van der Waals surface area contributed by atoms with Gasteiger partial charge in [0, 0.05) is 52.9 Å². The first kappa shape index (κ1) is 19.9. The molecule has 0 bridgehead atoms. The van der Waals surface area contributed by atoms with E-state index in [1.807, 2.05) is 0 Å². The Morgan fingerprint density at radius 2 is 1.68 bits per heavy atom. The molecule has 0 atom stereocenters. The Morgan fingerprint density at radius 3 is 2.45 bits per heavy atom. The second kappa shape index (κ2) is 8.16. The Balaban J connectivity index is 1.59. The Morgan fingerprint density at radius 1 is 0.935 bits per heavy atom. The predicted octanol–water partition coefficient (Wildman–Crippen LogP) is 3.99. The molecule has 0 unspecified atom stereocenters. The number of amides is 2. The number of phenols is 1. The normalized spacial score (nSPS) is 13.5. The van der Waals surface area contributed by atoms with Gasteiger partial charge in [0.25, 0.3) is 5.91 Å². The topological polar surface area (TPSA) is 108 Å². The zero-order valence-corrected chi connectivity index (χ0v) is 16.6. The number of phenolic OH excluding ortho intramolecular Hbond substituents is 1. The van der Waals surface area contributed by atoms with E-state index in [4.69, 9.17) is 0 Å². The van der Waals surface area contributed by atoms with Crippen molar-refractivity contribution in [3.05, 3.63) is 89.6 Å². The van der Waals surface area contributed by atoms with Crippen LogP contribution in [0.4, 0.5) is 17.1 Å². The summed E-state index contributed by atoms with van der Waals surface area (Å²) in [6.07, 6.45) is 1.56. The average molecular weight is 413 g/mol. The highest BCUT2D eigenvalue weighted by Gasteiger charge is 2.25. The highest BCUT2D eigenvalue weighted by Crippen LogP contribution is 2.33. The molecule has 0 aliphatic carbocycles. The third-order valence-corrected chi connectivity index (χ3v) is 4.74. The number of aromatic hydroxyl groups is 1. The van der Waals surface area contributed by atoms with E-state index < -0.39 is 0 Å². The van der Waals surface area contributed by atoms with Gasteiger partial charge in [-0.1, -0.05) is 30.3 Å². The maximum absolute atomic E-state index is 12.9. The van der Waals surface area contributed by atoms with E-state index in [0.717, 1.165) is 0 Å². The van der Waals surface area contributed by atoms with Crippen molar-refractivity contribution < 1.29 is 19.5 Å². The van der Waals surface area contributed by atoms with Crippen LogP contribution in [-0.2, 0) is 9.59 Å². The number of anilines is 3. The maximum Gasteiger partial charge on any atom is 0.257 e. The quantitative estimate of drug-likeness (QED) is 0.374. The van der Waals surface area contributed by atoms with E-state index in [0.29, 0.717) is 39.3 Å². The highest BCUT2D eigenvalue weighted by atomic mass is 16.3. The number of carbonyl (C=O) groups excluding carboxylic acids is 3. The van der Waals surface area contributed by atoms with E-state index in [1.54, 1.807) is 72.9 Å². The van der Waals surface area contributed by atoms with E-state index in [1.165, 1.54) is 6.92 Å². The molecule has 0 saturated heterocycles. The van der Waals surface area contributed by atoms with E-state index >= 15 is 0 Å². The summed E-state index contributed by atoms with van der Waals surface area (Å²) in [5.74, 6) is -0.617. The first-order chi connectivity index (χ1) is 14.9. The van der Waals surface area contributed by atoms with Crippen molar-refractivity contribution in [3.63, 3.8) is 0 Å². The third-order valence-electron chi connectivity index (χ3n) is 4.74. The Labute approximate surface area is 178 Å². The monoisotopic (exact) mass is 413 g/mol. The summed E-state index contributed by atoms with van der Waals surface area (Å²) in [6.45, 7) is 1.40. The fraction of sp³-hybridized carbons (Fsp3) is 0.0417. The molecule has 1 aliphatic rings. The third kappa shape index (κ3) is 4.30. The zero-order valence-electron chi connectivity index (χ0n) is 16.6. The Hall–Kier alpha value is -4.39. The lowest BCUT2D eigenvalue weighted by Crippen LogP contribution is -2.08. The smallest absolute Gasteiger partial charge is 0.257 e. The molecule has 4 rings (SSSR count). The van der Waals surface area contributed by atoms with Crippen molar-refractivity contribution in [1.29, 1.82) is 0 Å². The molecule has 0 radical (unpaired) electrons. The average Bonchev–Trinajstić information content (AvgIpc) is 3.05. The van der Waals surface area contributed by atoms with E-state index in [9.17, 15) is 19.5 Å². The number of ketones is 1. The van der Waals surface area contributed by atoms with Gasteiger partial charge in [-0.25, -0.2) is 0 Å². The van der Waals surface area contributed by atoms with Crippen molar-refractivity contribution in [2.75, 3.05) is 16.0 Å². The number of hydrogen-bond acceptors (Lipinski definition) is 5. The van der Waals surface area contributed by atoms with Crippen molar-refractivity contribution in [2.45, 2.75) is 6.92 Å². The Kier molecular flexibility index (Phi) is 5.24. The molecule has 0 spiro atoms. The lowest BCUT2D eigenvalue weighted by molar-refractivity contribution is -0.114. The van der Waals surface area contributed by atoms with Crippen molar-refractivity contribution in [3.8, 4) is 5.75 Å². The van der Waals surface area contributed by atoms with E-state index in [-0.39, 0.29) is 23.3 Å². The van der Waals surface area contributed by atoms with Crippen LogP contribution in [0.1, 0.15) is 28.4 Å². The maximum atomic E-state index is 12.9. The molecule has 7 heteroatoms. The standard InChI is InChI=1S/C24H19N3O4/c1-14(28)26-18-6-2-4-15(10-18)23(30)16-8-9-20-21(24(31)27-22(20)11-16)13-25-17-5-3-7-19(29)12-17/h2-13,25,29H,1H3,(H,26,28)(H,27,31). The number of fused-ring (bicyclic) bond motifs is 1. The summed E-state index contributed by atoms with van der Waals surface area (Å²) in [4.78, 5) is 36.6. The van der Waals surface area contributed by atoms with Gasteiger partial charge in [0.05, 0.1) is 5.57 Å². The molecule has 0 saturated carbocycles. The lowest BCUT2D eigenvalue weighted by atomic mass is 9.99. The van der Waals surface area contributed by atoms with Gasteiger partial charge in [0.15, 0.2) is 5.78 Å². The van der Waals surface area contributed by atoms with Crippen LogP contribution in [0.15, 0.2) is 72.9 Å². The summed E-state index contributed by atoms with van der Waals surface area (Å²) < 4.78 is 0. The second-order valence-corrected chi connectivity index (χ2v) is 7.06. The number of rotatable bonds is 5. The van der Waals surface area contributed by atoms with E-state index in [2.05, 4.69) is 16.0 Å². The van der Waals surface area contributed by atoms with Gasteiger partial charge in [-0.15, -0.1) is 0 Å². The molecular formula is C24H19N3O4. The molecule has 0 aromatic heterocycles. The Bertz CT molecular complexity index is 1250. The summed E-state index contributed by atoms with van der Waals surface area (Å²) in [6, 6.07) is 18.3. The van der Waals surface area contributed by atoms with Gasteiger partial charge in [-0.2, -0.15) is 0 Å². The predicted molar refractivity (Wildman–Crippen MR) is 119 cm³/mol. The molecule has 1 heterocycles. The van der Waals surface area contributed by atoms with Crippen LogP contribution in [0.2, 0.25) is 0 Å². The van der Waals surface area contributed by atoms with Crippen LogP contribution in [0.5, 0.6) is 5.75 Å². The molecule has 3 aromatic carbocycles. The van der Waals surface area contributed by atoms with Crippen molar-refractivity contribution in [2.24, 2.45) is 0 Å². The van der Waals surface area contributed by atoms with Gasteiger partial charge in [-0.3, -0.25) is 14.4 Å². The second-order valence-electron chi connectivity index (χ2n) is 7.06. The number of benzene rings is 3. The molecule has 0 fully saturated rings. The molecule has 4 N–H and O–H groups in total. The van der Waals surface area contributed by atoms with Crippen LogP contribution < -0.4 is 16.0 Å². The molecule has 3 aromatic rings. The molecular weight excluding hydrogens is 394 g/mol. The highest BCUT2D eigenvalue weighted by molar-refractivity contribution is 6.32. The minimum atomic E-state index is -0.292. The number of carbonyl (C=O) groups is 3. The van der Waals surface area contributed by atoms with Gasteiger partial charge >= 0.3 is 0 Å². The fourth-order valence-corrected chi connectivity index (χ4v) is 3.34. The number of hydrogen-bond donors (Lipinski definition) is 4. The summed E-state index contributed by atoms with van der Waals surface area (Å²) in [7, 11) is 0. The minimum absolute atomic E-state index is 0.116. The van der Waals surface area contributed by atoms with Crippen LogP contribution in [0.3, 0.4) is 0 Å². The SMILES string of the molecule is CC(=O)Nc1cccc(C(=O)c2ccc3c(c2)NC(=O)C3=CNc2cccc(O)c2)c1. The minimum Gasteiger partial charge on any atom is -0.508 e. The fourth-order valence-electron chi connectivity index (χ4n) is 3.34. The summed E-state index contributed by atoms with van der Waals surface area (Å²) >= 11 is 0. The van der Waals surface area contributed by atoms with Gasteiger partial charge in [0.1, 0.15) is 5.75 Å². The van der Waals surface area contributed by atoms with Crippen LogP contribution in [0, 0.1) is 0 Å². The van der Waals surface area contributed by atoms with Crippen molar-refractivity contribution >= 4 is 40.2 Å². The van der Waals surface area contributed by atoms with Gasteiger partial charge < -0.3 is 21.1 Å². The first-order valence-corrected chi connectivity index (χ1v) is 9.54. The molecule has 7 nitrogen and oxygen atoms in total. The largest absolute Gasteiger partial charge is 0.508 e. The van der Waals surface area contributed by atoms with Crippen molar-refractivity contribution in [1.82, 2.24) is 0 Å². The lowest BCUT2D eigenvalue weighted by Gasteiger charge is -2.07. The summed E-state index contributed by atoms with van der Waals surface area (Å²) in [5, 5.41) is 18.0. The number of nitrogens with one attached hydrogen (secondary N) is 3. The van der Waals surface area contributed by atoms with Crippen LogP contribution in [0.25, 0.3) is 5.57 Å². The molecule has 1 aliphatic heterocycles. The van der Waals surface area contributed by atoms with Crippen LogP contribution in [-0.4, -0.2) is 22.7 Å². The first-order valence-electron chi connectivity index (χ1n) is 9.54. The molecule has 154 valence electrons. The zero-order chi connectivity index (χ0) is 22.0. The van der Waals surface area contributed by atoms with Crippen LogP contribution >= 0.6 is 0 Å². The van der Waals surface area contributed by atoms with Gasteiger partial charge in [0.2, 0.25) is 5.91 Å². The molecule has 2 amide bonds.